The number of fused-ring (bicyclic) bond motifs is 1. The van der Waals surface area contributed by atoms with Crippen molar-refractivity contribution in [2.45, 2.75) is 16.8 Å². The zero-order chi connectivity index (χ0) is 17.9. The number of aryl methyl sites for hydroxylation is 1. The molecule has 128 valence electrons. The lowest BCUT2D eigenvalue weighted by atomic mass is 10.2. The van der Waals surface area contributed by atoms with E-state index in [2.05, 4.69) is 15.3 Å². The molecule has 0 bridgehead atoms. The maximum atomic E-state index is 12.8. The van der Waals surface area contributed by atoms with Crippen molar-refractivity contribution in [1.82, 2.24) is 9.97 Å². The molecule has 6 heteroatoms. The average molecular weight is 377 g/mol. The van der Waals surface area contributed by atoms with Crippen molar-refractivity contribution in [1.29, 1.82) is 0 Å². The van der Waals surface area contributed by atoms with Gasteiger partial charge in [-0.25, -0.2) is 9.97 Å². The first-order valence-electron chi connectivity index (χ1n) is 8.05. The van der Waals surface area contributed by atoms with E-state index < -0.39 is 0 Å². The van der Waals surface area contributed by atoms with Gasteiger partial charge in [-0.1, -0.05) is 52.9 Å². The number of hydrogen-bond acceptors (Lipinski definition) is 5. The smallest absolute Gasteiger partial charge is 0.260 e. The van der Waals surface area contributed by atoms with E-state index in [1.54, 1.807) is 18.3 Å². The minimum absolute atomic E-state index is 0.202. The van der Waals surface area contributed by atoms with Gasteiger partial charge in [0.05, 0.1) is 15.8 Å². The summed E-state index contributed by atoms with van der Waals surface area (Å²) in [6.07, 6.45) is 1.70. The molecule has 0 aliphatic heterocycles. The number of rotatable bonds is 4. The highest BCUT2D eigenvalue weighted by molar-refractivity contribution is 7.99. The monoisotopic (exact) mass is 377 g/mol. The number of thiazole rings is 1. The Morgan fingerprint density at radius 1 is 1.04 bits per heavy atom. The number of nitrogens with zero attached hydrogens (tertiary/aromatic N) is 2. The van der Waals surface area contributed by atoms with Gasteiger partial charge >= 0.3 is 0 Å². The molecule has 0 saturated carbocycles. The summed E-state index contributed by atoms with van der Waals surface area (Å²) in [7, 11) is 0. The van der Waals surface area contributed by atoms with Crippen LogP contribution in [0.1, 0.15) is 15.9 Å². The molecule has 0 atom stereocenters. The molecule has 4 aromatic rings. The van der Waals surface area contributed by atoms with Crippen LogP contribution in [-0.4, -0.2) is 15.9 Å². The zero-order valence-corrected chi connectivity index (χ0v) is 15.6. The van der Waals surface area contributed by atoms with Gasteiger partial charge in [0.25, 0.3) is 5.91 Å². The molecule has 4 nitrogen and oxygen atoms in total. The number of amides is 1. The van der Waals surface area contributed by atoms with E-state index in [1.807, 2.05) is 55.5 Å². The predicted octanol–water partition coefficient (Wildman–Crippen LogP) is 5.40. The van der Waals surface area contributed by atoms with Crippen molar-refractivity contribution in [2.75, 3.05) is 5.32 Å². The summed E-state index contributed by atoms with van der Waals surface area (Å²) in [4.78, 5) is 22.7. The number of benzene rings is 2. The normalized spacial score (nSPS) is 10.8. The van der Waals surface area contributed by atoms with Crippen molar-refractivity contribution >= 4 is 44.4 Å². The van der Waals surface area contributed by atoms with Crippen LogP contribution in [0.25, 0.3) is 10.2 Å². The number of anilines is 1. The second-order valence-electron chi connectivity index (χ2n) is 5.71. The molecule has 2 aromatic heterocycles. The van der Waals surface area contributed by atoms with Gasteiger partial charge in [0.2, 0.25) is 0 Å². The number of nitrogens with one attached hydrogen (secondary N) is 1. The number of para-hydroxylation sites is 1. The SMILES string of the molecule is Cc1ccc(Sc2ncccc2C(=O)Nc2nc3ccccc3s2)cc1. The number of carbonyl (C=O) groups excluding carboxylic acids is 1. The third-order valence-corrected chi connectivity index (χ3v) is 5.74. The lowest BCUT2D eigenvalue weighted by Gasteiger charge is -2.07. The predicted molar refractivity (Wildman–Crippen MR) is 107 cm³/mol. The van der Waals surface area contributed by atoms with Crippen LogP contribution in [0, 0.1) is 6.92 Å². The fraction of sp³-hybridized carbons (Fsp3) is 0.0500. The van der Waals surface area contributed by atoms with E-state index in [9.17, 15) is 4.79 Å². The van der Waals surface area contributed by atoms with Crippen LogP contribution in [0.5, 0.6) is 0 Å². The lowest BCUT2D eigenvalue weighted by Crippen LogP contribution is -2.13. The maximum absolute atomic E-state index is 12.8. The minimum atomic E-state index is -0.202. The van der Waals surface area contributed by atoms with Crippen molar-refractivity contribution in [3.8, 4) is 0 Å². The summed E-state index contributed by atoms with van der Waals surface area (Å²) >= 11 is 2.94. The molecule has 4 rings (SSSR count). The third kappa shape index (κ3) is 3.61. The molecular weight excluding hydrogens is 362 g/mol. The number of carbonyl (C=O) groups is 1. The summed E-state index contributed by atoms with van der Waals surface area (Å²) in [5.74, 6) is -0.202. The summed E-state index contributed by atoms with van der Waals surface area (Å²) in [5, 5.41) is 4.16. The standard InChI is InChI=1S/C20H15N3OS2/c1-13-8-10-14(11-9-13)25-19-15(5-4-12-21-19)18(24)23-20-22-16-6-2-3-7-17(16)26-20/h2-12H,1H3,(H,22,23,24). The molecule has 0 saturated heterocycles. The average Bonchev–Trinajstić information content (AvgIpc) is 3.06. The Hall–Kier alpha value is -2.70. The number of aromatic nitrogens is 2. The summed E-state index contributed by atoms with van der Waals surface area (Å²) in [6.45, 7) is 2.05. The molecule has 1 N–H and O–H groups in total. The van der Waals surface area contributed by atoms with Crippen LogP contribution in [0.4, 0.5) is 5.13 Å². The van der Waals surface area contributed by atoms with Gasteiger partial charge in [-0.05, 0) is 43.3 Å². The molecule has 0 unspecified atom stereocenters. The van der Waals surface area contributed by atoms with Gasteiger partial charge in [0.1, 0.15) is 5.03 Å². The van der Waals surface area contributed by atoms with E-state index in [4.69, 9.17) is 0 Å². The van der Waals surface area contributed by atoms with E-state index in [0.29, 0.717) is 15.7 Å². The molecular formula is C20H15N3OS2. The summed E-state index contributed by atoms with van der Waals surface area (Å²) in [6, 6.07) is 19.5. The van der Waals surface area contributed by atoms with E-state index in [1.165, 1.54) is 28.7 Å². The van der Waals surface area contributed by atoms with E-state index in [-0.39, 0.29) is 5.91 Å². The van der Waals surface area contributed by atoms with E-state index >= 15 is 0 Å². The minimum Gasteiger partial charge on any atom is -0.298 e. The highest BCUT2D eigenvalue weighted by Gasteiger charge is 2.15. The second kappa shape index (κ2) is 7.27. The first kappa shape index (κ1) is 16.8. The Morgan fingerprint density at radius 3 is 2.65 bits per heavy atom. The van der Waals surface area contributed by atoms with Crippen LogP contribution >= 0.6 is 23.1 Å². The molecule has 1 amide bonds. The topological polar surface area (TPSA) is 54.9 Å². The molecule has 0 aliphatic rings. The Balaban J connectivity index is 1.58. The molecule has 0 spiro atoms. The molecule has 2 heterocycles. The van der Waals surface area contributed by atoms with E-state index in [0.717, 1.165) is 15.1 Å². The van der Waals surface area contributed by atoms with Gasteiger partial charge < -0.3 is 0 Å². The fourth-order valence-electron chi connectivity index (χ4n) is 2.45. The van der Waals surface area contributed by atoms with Gasteiger partial charge in [0.15, 0.2) is 5.13 Å². The molecule has 26 heavy (non-hydrogen) atoms. The second-order valence-corrected chi connectivity index (χ2v) is 7.80. The molecule has 2 aromatic carbocycles. The van der Waals surface area contributed by atoms with Crippen molar-refractivity contribution in [3.05, 3.63) is 78.0 Å². The highest BCUT2D eigenvalue weighted by atomic mass is 32.2. The van der Waals surface area contributed by atoms with Crippen molar-refractivity contribution in [3.63, 3.8) is 0 Å². The van der Waals surface area contributed by atoms with Crippen molar-refractivity contribution < 1.29 is 4.79 Å². The highest BCUT2D eigenvalue weighted by Crippen LogP contribution is 2.30. The van der Waals surface area contributed by atoms with Crippen molar-refractivity contribution in [2.24, 2.45) is 0 Å². The van der Waals surface area contributed by atoms with Crippen LogP contribution in [0.3, 0.4) is 0 Å². The Morgan fingerprint density at radius 2 is 1.85 bits per heavy atom. The first-order valence-corrected chi connectivity index (χ1v) is 9.69. The number of pyridine rings is 1. The molecule has 0 radical (unpaired) electrons. The number of hydrogen-bond donors (Lipinski definition) is 1. The van der Waals surface area contributed by atoms with Crippen LogP contribution in [0.15, 0.2) is 76.8 Å². The van der Waals surface area contributed by atoms with Crippen LogP contribution in [-0.2, 0) is 0 Å². The van der Waals surface area contributed by atoms with Crippen LogP contribution in [0.2, 0.25) is 0 Å². The Kier molecular flexibility index (Phi) is 4.69. The van der Waals surface area contributed by atoms with Crippen LogP contribution < -0.4 is 5.32 Å². The van der Waals surface area contributed by atoms with Gasteiger partial charge in [0, 0.05) is 11.1 Å². The lowest BCUT2D eigenvalue weighted by molar-refractivity contribution is 0.102. The van der Waals surface area contributed by atoms with Gasteiger partial charge in [-0.2, -0.15) is 0 Å². The zero-order valence-electron chi connectivity index (χ0n) is 14.0. The largest absolute Gasteiger partial charge is 0.298 e. The summed E-state index contributed by atoms with van der Waals surface area (Å²) < 4.78 is 1.04. The van der Waals surface area contributed by atoms with Gasteiger partial charge in [-0.15, -0.1) is 0 Å². The summed E-state index contributed by atoms with van der Waals surface area (Å²) in [5.41, 5.74) is 2.62. The maximum Gasteiger partial charge on any atom is 0.260 e. The Bertz CT molecular complexity index is 1040. The fourth-order valence-corrected chi connectivity index (χ4v) is 4.19. The quantitative estimate of drug-likeness (QED) is 0.517. The van der Waals surface area contributed by atoms with Gasteiger partial charge in [-0.3, -0.25) is 10.1 Å². The third-order valence-electron chi connectivity index (χ3n) is 3.77. The first-order chi connectivity index (χ1) is 12.7. The Labute approximate surface area is 159 Å². The molecule has 0 aliphatic carbocycles. The molecule has 0 fully saturated rings.